The van der Waals surface area contributed by atoms with Gasteiger partial charge in [0.2, 0.25) is 53.2 Å². The maximum atomic E-state index is 14.6. The summed E-state index contributed by atoms with van der Waals surface area (Å²) >= 11 is 0. The summed E-state index contributed by atoms with van der Waals surface area (Å²) in [6.07, 6.45) is 1.72. The van der Waals surface area contributed by atoms with Crippen LogP contribution in [0.5, 0.6) is 0 Å². The number of benzene rings is 2. The molecule has 406 valence electrons. The monoisotopic (exact) mass is 1040 g/mol. The van der Waals surface area contributed by atoms with E-state index >= 15 is 0 Å². The van der Waals surface area contributed by atoms with Crippen molar-refractivity contribution in [3.05, 3.63) is 71.7 Å². The number of hydrogen-bond acceptors (Lipinski definition) is 11. The molecule has 75 heavy (non-hydrogen) atoms. The number of rotatable bonds is 16. The highest BCUT2D eigenvalue weighted by Crippen LogP contribution is 2.22. The fourth-order valence-corrected chi connectivity index (χ4v) is 8.89. The molecule has 2 fully saturated rings. The number of carbonyl (C=O) groups excluding carboxylic acids is 9. The largest absolute Gasteiger partial charge is 0.370 e. The van der Waals surface area contributed by atoms with E-state index in [1.807, 2.05) is 18.2 Å². The molecule has 2 aromatic carbocycles. The number of halogens is 1. The number of aromatic nitrogens is 1. The lowest BCUT2D eigenvalue weighted by atomic mass is 10.0. The molecule has 0 aliphatic carbocycles. The van der Waals surface area contributed by atoms with E-state index in [4.69, 9.17) is 28.7 Å². The van der Waals surface area contributed by atoms with Crippen LogP contribution in [0.4, 0.5) is 4.39 Å². The van der Waals surface area contributed by atoms with Gasteiger partial charge < -0.3 is 75.8 Å². The first-order valence-corrected chi connectivity index (χ1v) is 24.8. The number of nitrogens with two attached hydrogens (primary N) is 5. The van der Waals surface area contributed by atoms with Crippen LogP contribution >= 0.6 is 0 Å². The molecule has 9 amide bonds. The SMILES string of the molecule is CC(=O)NC(CCCN=C(N)N)C(=O)N[C@H]1CCC(=O)NCCC[C@@H](C(N)=O)NC(=O)[C@H](Cc2c[nH]c3ccccc23)NC(=O)C(CCCN=C(N)N)NC(=O)[C@@H](Cc2ccc(F)cc2)NC(=O)C2CCCN2C1=O. The van der Waals surface area contributed by atoms with Crippen LogP contribution in [0, 0.1) is 5.82 Å². The fourth-order valence-electron chi connectivity index (χ4n) is 8.89. The first-order valence-electron chi connectivity index (χ1n) is 24.8. The third kappa shape index (κ3) is 18.0. The molecule has 3 aromatic rings. The summed E-state index contributed by atoms with van der Waals surface area (Å²) in [6, 6.07) is 3.20. The minimum atomic E-state index is -1.45. The number of fused-ring (bicyclic) bond motifs is 2. The Kier molecular flexibility index (Phi) is 21.7. The van der Waals surface area contributed by atoms with Gasteiger partial charge in [-0.2, -0.15) is 0 Å². The molecule has 0 radical (unpaired) electrons. The Morgan fingerprint density at radius 1 is 0.760 bits per heavy atom. The third-order valence-corrected chi connectivity index (χ3v) is 12.7. The van der Waals surface area contributed by atoms with Crippen LogP contribution < -0.4 is 65.9 Å². The Balaban J connectivity index is 1.52. The lowest BCUT2D eigenvalue weighted by Crippen LogP contribution is -2.60. The van der Waals surface area contributed by atoms with Crippen LogP contribution in [-0.4, -0.2) is 143 Å². The summed E-state index contributed by atoms with van der Waals surface area (Å²) in [5, 5.41) is 19.6. The maximum Gasteiger partial charge on any atom is 0.245 e. The van der Waals surface area contributed by atoms with Crippen LogP contribution in [0.1, 0.15) is 82.3 Å². The van der Waals surface area contributed by atoms with Crippen molar-refractivity contribution in [1.29, 1.82) is 0 Å². The maximum absolute atomic E-state index is 14.6. The molecule has 25 nitrogen and oxygen atoms in total. The van der Waals surface area contributed by atoms with Crippen LogP contribution in [0.25, 0.3) is 10.9 Å². The predicted octanol–water partition coefficient (Wildman–Crippen LogP) is -2.71. The van der Waals surface area contributed by atoms with Crippen LogP contribution in [0.3, 0.4) is 0 Å². The standard InChI is InChI=1S/C49H69FN16O9/c1-27(67)60-34(11-5-21-57-48(52)53)42(70)63-36-18-19-40(68)56-20-4-10-33(41(51)69)61-45(73)38(25-29-26-59-32-9-3-2-8-31(29)32)64-43(71)35(12-6-22-58-49(54)55)62-44(72)37(24-28-14-16-30(50)17-15-28)65-46(74)39-13-7-23-66(39)47(36)75/h2-3,8-9,14-17,26,33-39,59H,4-7,10-13,18-25H2,1H3,(H2,51,69)(H,56,68)(H,60,67)(H,61,73)(H,62,72)(H,63,70)(H,64,71)(H,65,74)(H4,52,53,57)(H4,54,55,58)/t33-,34?,35?,36-,37+,38-,39?/m0/s1. The summed E-state index contributed by atoms with van der Waals surface area (Å²) in [7, 11) is 0. The van der Waals surface area contributed by atoms with E-state index in [0.717, 1.165) is 10.9 Å². The topological polar surface area (TPSA) is 412 Å². The van der Waals surface area contributed by atoms with Crippen LogP contribution in [0.15, 0.2) is 64.7 Å². The van der Waals surface area contributed by atoms with Crippen molar-refractivity contribution >= 4 is 76.0 Å². The average molecular weight is 1050 g/mol. The highest BCUT2D eigenvalue weighted by Gasteiger charge is 2.40. The van der Waals surface area contributed by atoms with Gasteiger partial charge in [0.1, 0.15) is 48.1 Å². The van der Waals surface area contributed by atoms with Crippen LogP contribution in [0.2, 0.25) is 0 Å². The molecule has 3 heterocycles. The molecule has 7 atom stereocenters. The van der Waals surface area contributed by atoms with E-state index in [0.29, 0.717) is 17.5 Å². The summed E-state index contributed by atoms with van der Waals surface area (Å²) in [5.74, 6) is -7.69. The molecular weight excluding hydrogens is 976 g/mol. The van der Waals surface area contributed by atoms with Gasteiger partial charge >= 0.3 is 0 Å². The lowest BCUT2D eigenvalue weighted by Gasteiger charge is -2.31. The summed E-state index contributed by atoms with van der Waals surface area (Å²) in [6.45, 7) is 1.42. The Morgan fingerprint density at radius 3 is 2.09 bits per heavy atom. The summed E-state index contributed by atoms with van der Waals surface area (Å²) in [4.78, 5) is 137. The van der Waals surface area contributed by atoms with E-state index in [1.54, 1.807) is 12.3 Å². The van der Waals surface area contributed by atoms with E-state index in [9.17, 15) is 47.5 Å². The van der Waals surface area contributed by atoms with Gasteiger partial charge in [0, 0.05) is 69.5 Å². The van der Waals surface area contributed by atoms with Crippen molar-refractivity contribution in [2.24, 2.45) is 38.7 Å². The van der Waals surface area contributed by atoms with E-state index in [1.165, 1.54) is 36.1 Å². The van der Waals surface area contributed by atoms with Gasteiger partial charge in [-0.1, -0.05) is 30.3 Å². The number of aliphatic imine (C=N–C) groups is 2. The zero-order valence-corrected chi connectivity index (χ0v) is 41.8. The molecule has 0 bridgehead atoms. The lowest BCUT2D eigenvalue weighted by molar-refractivity contribution is -0.143. The number of aromatic amines is 1. The van der Waals surface area contributed by atoms with E-state index in [2.05, 4.69) is 52.2 Å². The molecule has 5 rings (SSSR count). The zero-order valence-electron chi connectivity index (χ0n) is 41.8. The van der Waals surface area contributed by atoms with Crippen molar-refractivity contribution in [2.45, 2.75) is 126 Å². The second kappa shape index (κ2) is 28.2. The van der Waals surface area contributed by atoms with E-state index in [-0.39, 0.29) is 109 Å². The number of guanidine groups is 2. The molecule has 0 saturated carbocycles. The minimum absolute atomic E-state index is 0.00590. The van der Waals surface area contributed by atoms with Crippen molar-refractivity contribution in [1.82, 2.24) is 47.1 Å². The molecule has 3 unspecified atom stereocenters. The van der Waals surface area contributed by atoms with Crippen molar-refractivity contribution in [2.75, 3.05) is 26.2 Å². The first-order chi connectivity index (χ1) is 35.8. The van der Waals surface area contributed by atoms with Gasteiger partial charge in [-0.25, -0.2) is 4.39 Å². The number of amides is 9. The van der Waals surface area contributed by atoms with Gasteiger partial charge in [-0.3, -0.25) is 53.1 Å². The number of carbonyl (C=O) groups is 9. The number of H-pyrrole nitrogens is 1. The first kappa shape index (κ1) is 57.6. The second-order valence-electron chi connectivity index (χ2n) is 18.5. The predicted molar refractivity (Wildman–Crippen MR) is 275 cm³/mol. The number of nitrogens with one attached hydrogen (secondary N) is 8. The van der Waals surface area contributed by atoms with Gasteiger partial charge in [-0.05, 0) is 87.1 Å². The van der Waals surface area contributed by atoms with Crippen molar-refractivity contribution in [3.8, 4) is 0 Å². The van der Waals surface area contributed by atoms with Gasteiger partial charge in [0.15, 0.2) is 11.9 Å². The molecule has 26 heteroatoms. The highest BCUT2D eigenvalue weighted by atomic mass is 19.1. The number of nitrogens with zero attached hydrogens (tertiary/aromatic N) is 3. The molecule has 1 aromatic heterocycles. The van der Waals surface area contributed by atoms with Gasteiger partial charge in [-0.15, -0.1) is 0 Å². The number of para-hydroxylation sites is 1. The van der Waals surface area contributed by atoms with E-state index < -0.39 is 101 Å². The minimum Gasteiger partial charge on any atom is -0.370 e. The number of hydrogen-bond donors (Lipinski definition) is 13. The quantitative estimate of drug-likeness (QED) is 0.0395. The average Bonchev–Trinajstić information content (AvgIpc) is 4.03. The Hall–Kier alpha value is -8.32. The normalized spacial score (nSPS) is 22.0. The fraction of sp³-hybridized carbons (Fsp3) is 0.490. The van der Waals surface area contributed by atoms with Crippen LogP contribution in [-0.2, 0) is 56.0 Å². The Labute approximate surface area is 432 Å². The third-order valence-electron chi connectivity index (χ3n) is 12.7. The smallest absolute Gasteiger partial charge is 0.245 e. The molecule has 0 spiro atoms. The summed E-state index contributed by atoms with van der Waals surface area (Å²) < 4.78 is 14.1. The Morgan fingerprint density at radius 2 is 1.40 bits per heavy atom. The van der Waals surface area contributed by atoms with Gasteiger partial charge in [0.25, 0.3) is 0 Å². The molecule has 2 aliphatic rings. The Bertz CT molecular complexity index is 2580. The van der Waals surface area contributed by atoms with Crippen molar-refractivity contribution in [3.63, 3.8) is 0 Å². The molecule has 18 N–H and O–H groups in total. The molecular formula is C49H69FN16O9. The van der Waals surface area contributed by atoms with Gasteiger partial charge in [0.05, 0.1) is 0 Å². The molecule has 2 saturated heterocycles. The molecule has 2 aliphatic heterocycles. The zero-order chi connectivity index (χ0) is 54.6. The number of primary amides is 1. The second-order valence-corrected chi connectivity index (χ2v) is 18.5. The highest BCUT2D eigenvalue weighted by molar-refractivity contribution is 5.98. The summed E-state index contributed by atoms with van der Waals surface area (Å²) in [5.41, 5.74) is 29.6. The van der Waals surface area contributed by atoms with Crippen molar-refractivity contribution < 1.29 is 47.5 Å².